The van der Waals surface area contributed by atoms with Gasteiger partial charge in [-0.3, -0.25) is 0 Å². The lowest BCUT2D eigenvalue weighted by molar-refractivity contribution is 0.149. The largest absolute Gasteiger partial charge is 0.381 e. The van der Waals surface area contributed by atoms with E-state index in [2.05, 4.69) is 10.9 Å². The van der Waals surface area contributed by atoms with E-state index in [1.54, 1.807) is 0 Å². The molecule has 0 radical (unpaired) electrons. The van der Waals surface area contributed by atoms with Gasteiger partial charge >= 0.3 is 0 Å². The van der Waals surface area contributed by atoms with Crippen molar-refractivity contribution < 1.29 is 4.74 Å². The molecule has 0 N–H and O–H groups in total. The highest BCUT2D eigenvalue weighted by molar-refractivity contribution is 5.02. The Kier molecular flexibility index (Phi) is 1.39. The summed E-state index contributed by atoms with van der Waals surface area (Å²) in [4.78, 5) is 4.09. The first-order chi connectivity index (χ1) is 4.91. The Balaban J connectivity index is 2.10. The summed E-state index contributed by atoms with van der Waals surface area (Å²) in [5.74, 6) is 0. The predicted molar refractivity (Wildman–Crippen MR) is 39.2 cm³/mol. The molecule has 0 amide bonds. The van der Waals surface area contributed by atoms with Gasteiger partial charge in [0, 0.05) is 18.4 Å². The van der Waals surface area contributed by atoms with Crippen LogP contribution in [0.2, 0.25) is 0 Å². The maximum atomic E-state index is 5.36. The molecule has 1 atom stereocenters. The Morgan fingerprint density at radius 1 is 1.40 bits per heavy atom. The van der Waals surface area contributed by atoms with Gasteiger partial charge in [-0.2, -0.15) is 0 Å². The first-order valence-electron chi connectivity index (χ1n) is 3.88. The maximum absolute atomic E-state index is 5.36. The van der Waals surface area contributed by atoms with Gasteiger partial charge in [-0.15, -0.1) is 0 Å². The average Bonchev–Trinajstić information content (AvgIpc) is 2.39. The number of hydrogen-bond donors (Lipinski definition) is 0. The maximum Gasteiger partial charge on any atom is 0.273 e. The summed E-state index contributed by atoms with van der Waals surface area (Å²) >= 11 is 0. The summed E-state index contributed by atoms with van der Waals surface area (Å²) in [6, 6.07) is 3.06. The van der Waals surface area contributed by atoms with Crippen LogP contribution in [-0.4, -0.2) is 19.8 Å². The zero-order valence-corrected chi connectivity index (χ0v) is 6.10. The van der Waals surface area contributed by atoms with Crippen LogP contribution in [0, 0.1) is 11.5 Å². The molecule has 1 fully saturated rings. The SMILES string of the molecule is C1#[N+]CCC2(C1)CCOC2. The molecular formula is C8H12NO+. The topological polar surface area (TPSA) is 13.6 Å². The van der Waals surface area contributed by atoms with Crippen LogP contribution in [0.25, 0.3) is 4.85 Å². The second-order valence-corrected chi connectivity index (χ2v) is 3.27. The molecule has 2 aliphatic heterocycles. The van der Waals surface area contributed by atoms with Crippen molar-refractivity contribution in [1.29, 1.82) is 0 Å². The van der Waals surface area contributed by atoms with Crippen molar-refractivity contribution in [2.75, 3.05) is 19.8 Å². The monoisotopic (exact) mass is 138 g/mol. The minimum atomic E-state index is 0.446. The number of hydrogen-bond acceptors (Lipinski definition) is 1. The Labute approximate surface area is 61.0 Å². The third kappa shape index (κ3) is 0.911. The van der Waals surface area contributed by atoms with Crippen molar-refractivity contribution in [3.8, 4) is 6.07 Å². The lowest BCUT2D eigenvalue weighted by Gasteiger charge is -2.20. The number of nitrogens with zero attached hydrogens (tertiary/aromatic N) is 1. The highest BCUT2D eigenvalue weighted by Gasteiger charge is 2.38. The minimum absolute atomic E-state index is 0.446. The lowest BCUT2D eigenvalue weighted by Crippen LogP contribution is -2.22. The quantitative estimate of drug-likeness (QED) is 0.495. The van der Waals surface area contributed by atoms with E-state index in [1.165, 1.54) is 12.8 Å². The third-order valence-corrected chi connectivity index (χ3v) is 2.50. The predicted octanol–water partition coefficient (Wildman–Crippen LogP) is 1.52. The van der Waals surface area contributed by atoms with Gasteiger partial charge in [0.2, 0.25) is 0 Å². The molecule has 10 heavy (non-hydrogen) atoms. The van der Waals surface area contributed by atoms with E-state index in [0.29, 0.717) is 5.41 Å². The second-order valence-electron chi connectivity index (χ2n) is 3.27. The van der Waals surface area contributed by atoms with E-state index in [1.807, 2.05) is 0 Å². The van der Waals surface area contributed by atoms with Gasteiger partial charge in [0.05, 0.1) is 13.0 Å². The highest BCUT2D eigenvalue weighted by Crippen LogP contribution is 2.37. The van der Waals surface area contributed by atoms with Crippen molar-refractivity contribution in [2.24, 2.45) is 5.41 Å². The van der Waals surface area contributed by atoms with Gasteiger partial charge in [0.1, 0.15) is 0 Å². The Hall–Kier alpha value is -0.550. The van der Waals surface area contributed by atoms with E-state index >= 15 is 0 Å². The van der Waals surface area contributed by atoms with E-state index in [4.69, 9.17) is 4.74 Å². The molecule has 0 aromatic rings. The Morgan fingerprint density at radius 2 is 2.40 bits per heavy atom. The molecule has 2 heteroatoms. The second kappa shape index (κ2) is 2.25. The zero-order valence-electron chi connectivity index (χ0n) is 6.10. The van der Waals surface area contributed by atoms with E-state index < -0.39 is 0 Å². The molecule has 0 saturated carbocycles. The van der Waals surface area contributed by atoms with Crippen LogP contribution in [-0.2, 0) is 4.74 Å². The molecule has 2 aliphatic rings. The van der Waals surface area contributed by atoms with Gasteiger partial charge < -0.3 is 4.74 Å². The molecule has 2 rings (SSSR count). The van der Waals surface area contributed by atoms with Gasteiger partial charge in [-0.05, 0) is 6.42 Å². The summed E-state index contributed by atoms with van der Waals surface area (Å²) in [5, 5.41) is 0. The highest BCUT2D eigenvalue weighted by atomic mass is 16.5. The van der Waals surface area contributed by atoms with Crippen LogP contribution < -0.4 is 0 Å². The molecule has 0 aromatic carbocycles. The van der Waals surface area contributed by atoms with Gasteiger partial charge in [-0.1, -0.05) is 4.85 Å². The molecule has 2 heterocycles. The van der Waals surface area contributed by atoms with Crippen LogP contribution in [0.15, 0.2) is 0 Å². The van der Waals surface area contributed by atoms with Crippen molar-refractivity contribution in [2.45, 2.75) is 19.3 Å². The smallest absolute Gasteiger partial charge is 0.273 e. The molecule has 1 unspecified atom stereocenters. The van der Waals surface area contributed by atoms with E-state index in [-0.39, 0.29) is 0 Å². The lowest BCUT2D eigenvalue weighted by atomic mass is 9.80. The molecule has 2 nitrogen and oxygen atoms in total. The van der Waals surface area contributed by atoms with Crippen LogP contribution >= 0.6 is 0 Å². The van der Waals surface area contributed by atoms with E-state index in [0.717, 1.165) is 26.2 Å². The number of ether oxygens (including phenoxy) is 1. The fraction of sp³-hybridized carbons (Fsp3) is 0.875. The fourth-order valence-electron chi connectivity index (χ4n) is 1.67. The summed E-state index contributed by atoms with van der Waals surface area (Å²) in [7, 11) is 0. The van der Waals surface area contributed by atoms with Gasteiger partial charge in [0.15, 0.2) is 0 Å². The van der Waals surface area contributed by atoms with Crippen LogP contribution in [0.5, 0.6) is 0 Å². The van der Waals surface area contributed by atoms with Crippen molar-refractivity contribution in [3.63, 3.8) is 0 Å². The standard InChI is InChI=1S/C8H12NO/c1-4-9-5-2-8(1)3-6-10-7-8/h1-4,6-7H2/q+1. The summed E-state index contributed by atoms with van der Waals surface area (Å²) in [6.07, 6.45) is 3.45. The Bertz CT molecular complexity index is 183. The molecule has 0 aromatic heterocycles. The molecule has 1 saturated heterocycles. The molecular weight excluding hydrogens is 126 g/mol. The van der Waals surface area contributed by atoms with Crippen LogP contribution in [0.1, 0.15) is 19.3 Å². The fourth-order valence-corrected chi connectivity index (χ4v) is 1.67. The van der Waals surface area contributed by atoms with Crippen molar-refractivity contribution in [3.05, 3.63) is 4.85 Å². The van der Waals surface area contributed by atoms with Gasteiger partial charge in [0.25, 0.3) is 12.6 Å². The average molecular weight is 138 g/mol. The molecule has 54 valence electrons. The first-order valence-corrected chi connectivity index (χ1v) is 3.88. The van der Waals surface area contributed by atoms with Crippen molar-refractivity contribution >= 4 is 0 Å². The summed E-state index contributed by atoms with van der Waals surface area (Å²) in [6.45, 7) is 2.85. The zero-order chi connectivity index (χ0) is 6.86. The summed E-state index contributed by atoms with van der Waals surface area (Å²) < 4.78 is 5.36. The Morgan fingerprint density at radius 3 is 3.00 bits per heavy atom. The van der Waals surface area contributed by atoms with E-state index in [9.17, 15) is 0 Å². The summed E-state index contributed by atoms with van der Waals surface area (Å²) in [5.41, 5.74) is 0.446. The molecule has 0 aliphatic carbocycles. The molecule has 0 bridgehead atoms. The third-order valence-electron chi connectivity index (χ3n) is 2.50. The molecule has 1 spiro atoms. The van der Waals surface area contributed by atoms with Crippen LogP contribution in [0.3, 0.4) is 0 Å². The number of rotatable bonds is 0. The first kappa shape index (κ1) is 6.18. The normalized spacial score (nSPS) is 37.6. The van der Waals surface area contributed by atoms with Crippen molar-refractivity contribution in [1.82, 2.24) is 0 Å². The minimum Gasteiger partial charge on any atom is -0.381 e. The van der Waals surface area contributed by atoms with Gasteiger partial charge in [-0.25, -0.2) is 0 Å². The van der Waals surface area contributed by atoms with Crippen LogP contribution in [0.4, 0.5) is 0 Å².